The monoisotopic (exact) mass is 205 g/mol. The molecule has 0 amide bonds. The van der Waals surface area contributed by atoms with Gasteiger partial charge in [-0.25, -0.2) is 0 Å². The molecule has 0 fully saturated rings. The number of nitrogens with one attached hydrogen (secondary N) is 1. The van der Waals surface area contributed by atoms with Crippen LogP contribution in [-0.2, 0) is 9.47 Å². The minimum atomic E-state index is -0.0145. The number of methoxy groups -OCH3 is 1. The standard InChI is InChI=1S/C10H23NO3/c1-10(2,4-6-12)11-5-7-14-9-8-13-3/h11-12H,4-9H2,1-3H3. The summed E-state index contributed by atoms with van der Waals surface area (Å²) in [5.74, 6) is 0. The maximum atomic E-state index is 8.79. The summed E-state index contributed by atoms with van der Waals surface area (Å²) in [5, 5.41) is 12.1. The topological polar surface area (TPSA) is 50.7 Å². The first kappa shape index (κ1) is 13.8. The number of aliphatic hydroxyl groups excluding tert-OH is 1. The van der Waals surface area contributed by atoms with Crippen molar-refractivity contribution >= 4 is 0 Å². The highest BCUT2D eigenvalue weighted by Crippen LogP contribution is 2.05. The molecular formula is C10H23NO3. The third-order valence-corrected chi connectivity index (χ3v) is 2.02. The first-order chi connectivity index (χ1) is 6.62. The summed E-state index contributed by atoms with van der Waals surface area (Å²) in [6.07, 6.45) is 0.755. The molecule has 0 aromatic heterocycles. The number of hydrogen-bond donors (Lipinski definition) is 2. The van der Waals surface area contributed by atoms with Crippen molar-refractivity contribution in [2.24, 2.45) is 0 Å². The highest BCUT2D eigenvalue weighted by molar-refractivity contribution is 4.76. The number of ether oxygens (including phenoxy) is 2. The van der Waals surface area contributed by atoms with Gasteiger partial charge in [-0.05, 0) is 20.3 Å². The Hall–Kier alpha value is -0.160. The van der Waals surface area contributed by atoms with Crippen molar-refractivity contribution < 1.29 is 14.6 Å². The van der Waals surface area contributed by atoms with Crippen LogP contribution in [0.4, 0.5) is 0 Å². The fourth-order valence-corrected chi connectivity index (χ4v) is 1.07. The lowest BCUT2D eigenvalue weighted by molar-refractivity contribution is 0.0687. The van der Waals surface area contributed by atoms with E-state index in [1.807, 2.05) is 0 Å². The second-order valence-electron chi connectivity index (χ2n) is 3.89. The summed E-state index contributed by atoms with van der Waals surface area (Å²) >= 11 is 0. The summed E-state index contributed by atoms with van der Waals surface area (Å²) in [4.78, 5) is 0. The predicted molar refractivity (Wildman–Crippen MR) is 56.5 cm³/mol. The summed E-state index contributed by atoms with van der Waals surface area (Å²) in [6, 6.07) is 0. The van der Waals surface area contributed by atoms with Gasteiger partial charge in [-0.1, -0.05) is 0 Å². The molecule has 0 aliphatic carbocycles. The lowest BCUT2D eigenvalue weighted by Crippen LogP contribution is -2.41. The molecule has 0 radical (unpaired) electrons. The third-order valence-electron chi connectivity index (χ3n) is 2.02. The molecule has 0 saturated heterocycles. The molecule has 0 bridgehead atoms. The van der Waals surface area contributed by atoms with E-state index < -0.39 is 0 Å². The largest absolute Gasteiger partial charge is 0.396 e. The van der Waals surface area contributed by atoms with Gasteiger partial charge in [-0.3, -0.25) is 0 Å². The van der Waals surface area contributed by atoms with Crippen molar-refractivity contribution in [2.75, 3.05) is 40.1 Å². The van der Waals surface area contributed by atoms with E-state index in [2.05, 4.69) is 19.2 Å². The van der Waals surface area contributed by atoms with Gasteiger partial charge in [0.15, 0.2) is 0 Å². The molecule has 4 heteroatoms. The zero-order valence-corrected chi connectivity index (χ0v) is 9.51. The van der Waals surface area contributed by atoms with Crippen LogP contribution in [0.3, 0.4) is 0 Å². The van der Waals surface area contributed by atoms with Gasteiger partial charge in [0.05, 0.1) is 19.8 Å². The van der Waals surface area contributed by atoms with Gasteiger partial charge in [0.25, 0.3) is 0 Å². The molecule has 0 aliphatic heterocycles. The fourth-order valence-electron chi connectivity index (χ4n) is 1.07. The van der Waals surface area contributed by atoms with E-state index in [1.54, 1.807) is 7.11 Å². The maximum Gasteiger partial charge on any atom is 0.0700 e. The summed E-state index contributed by atoms with van der Waals surface area (Å²) < 4.78 is 10.1. The second-order valence-corrected chi connectivity index (χ2v) is 3.89. The Morgan fingerprint density at radius 2 is 1.93 bits per heavy atom. The van der Waals surface area contributed by atoms with Crippen molar-refractivity contribution in [3.63, 3.8) is 0 Å². The SMILES string of the molecule is COCCOCCNC(C)(C)CCO. The number of hydrogen-bond acceptors (Lipinski definition) is 4. The van der Waals surface area contributed by atoms with Gasteiger partial charge in [0.1, 0.15) is 0 Å². The highest BCUT2D eigenvalue weighted by Gasteiger charge is 2.14. The van der Waals surface area contributed by atoms with Crippen LogP contribution in [0.5, 0.6) is 0 Å². The normalized spacial score (nSPS) is 12.0. The average Bonchev–Trinajstić information content (AvgIpc) is 2.11. The quantitative estimate of drug-likeness (QED) is 0.535. The van der Waals surface area contributed by atoms with Crippen molar-refractivity contribution in [1.29, 1.82) is 0 Å². The molecule has 0 saturated carbocycles. The lowest BCUT2D eigenvalue weighted by atomic mass is 10.0. The molecular weight excluding hydrogens is 182 g/mol. The van der Waals surface area contributed by atoms with Crippen molar-refractivity contribution in [3.8, 4) is 0 Å². The van der Waals surface area contributed by atoms with Crippen LogP contribution in [-0.4, -0.2) is 50.7 Å². The van der Waals surface area contributed by atoms with Crippen LogP contribution >= 0.6 is 0 Å². The van der Waals surface area contributed by atoms with Gasteiger partial charge < -0.3 is 19.9 Å². The van der Waals surface area contributed by atoms with E-state index in [4.69, 9.17) is 14.6 Å². The molecule has 0 aromatic carbocycles. The third kappa shape index (κ3) is 8.44. The molecule has 0 spiro atoms. The zero-order chi connectivity index (χ0) is 10.9. The molecule has 4 nitrogen and oxygen atoms in total. The Labute approximate surface area is 86.6 Å². The van der Waals surface area contributed by atoms with E-state index in [0.717, 1.165) is 13.0 Å². The van der Waals surface area contributed by atoms with E-state index in [9.17, 15) is 0 Å². The van der Waals surface area contributed by atoms with Crippen LogP contribution in [0.2, 0.25) is 0 Å². The highest BCUT2D eigenvalue weighted by atomic mass is 16.5. The van der Waals surface area contributed by atoms with Gasteiger partial charge >= 0.3 is 0 Å². The smallest absolute Gasteiger partial charge is 0.0700 e. The summed E-state index contributed by atoms with van der Waals surface area (Å²) in [7, 11) is 1.66. The van der Waals surface area contributed by atoms with E-state index in [-0.39, 0.29) is 12.1 Å². The number of aliphatic hydroxyl groups is 1. The molecule has 86 valence electrons. The lowest BCUT2D eigenvalue weighted by Gasteiger charge is -2.25. The Kier molecular flexibility index (Phi) is 8.08. The van der Waals surface area contributed by atoms with Crippen LogP contribution in [0.15, 0.2) is 0 Å². The van der Waals surface area contributed by atoms with Crippen LogP contribution < -0.4 is 5.32 Å². The molecule has 0 rings (SSSR count). The molecule has 0 aromatic rings. The Morgan fingerprint density at radius 1 is 1.21 bits per heavy atom. The predicted octanol–water partition coefficient (Wildman–Crippen LogP) is 0.400. The fraction of sp³-hybridized carbons (Fsp3) is 1.00. The van der Waals surface area contributed by atoms with Crippen LogP contribution in [0.25, 0.3) is 0 Å². The Balaban J connectivity index is 3.26. The van der Waals surface area contributed by atoms with Crippen molar-refractivity contribution in [2.45, 2.75) is 25.8 Å². The van der Waals surface area contributed by atoms with Crippen LogP contribution in [0, 0.1) is 0 Å². The molecule has 0 aliphatic rings. The van der Waals surface area contributed by atoms with Gasteiger partial charge in [0.2, 0.25) is 0 Å². The van der Waals surface area contributed by atoms with Crippen molar-refractivity contribution in [1.82, 2.24) is 5.32 Å². The van der Waals surface area contributed by atoms with Crippen molar-refractivity contribution in [3.05, 3.63) is 0 Å². The summed E-state index contributed by atoms with van der Waals surface area (Å²) in [5.41, 5.74) is -0.0145. The maximum absolute atomic E-state index is 8.79. The van der Waals surface area contributed by atoms with Gasteiger partial charge in [-0.2, -0.15) is 0 Å². The molecule has 2 N–H and O–H groups in total. The molecule has 0 heterocycles. The zero-order valence-electron chi connectivity index (χ0n) is 9.51. The minimum Gasteiger partial charge on any atom is -0.396 e. The summed E-state index contributed by atoms with van der Waals surface area (Å²) in [6.45, 7) is 7.11. The molecule has 14 heavy (non-hydrogen) atoms. The molecule has 0 atom stereocenters. The minimum absolute atomic E-state index is 0.0145. The number of rotatable bonds is 9. The van der Waals surface area contributed by atoms with E-state index >= 15 is 0 Å². The van der Waals surface area contributed by atoms with Gasteiger partial charge in [0, 0.05) is 25.8 Å². The first-order valence-corrected chi connectivity index (χ1v) is 5.05. The molecule has 0 unspecified atom stereocenters. The van der Waals surface area contributed by atoms with E-state index in [0.29, 0.717) is 19.8 Å². The second kappa shape index (κ2) is 8.17. The average molecular weight is 205 g/mol. The Bertz CT molecular complexity index is 129. The van der Waals surface area contributed by atoms with E-state index in [1.165, 1.54) is 0 Å². The van der Waals surface area contributed by atoms with Crippen LogP contribution in [0.1, 0.15) is 20.3 Å². The Morgan fingerprint density at radius 3 is 2.50 bits per heavy atom. The first-order valence-electron chi connectivity index (χ1n) is 5.05. The van der Waals surface area contributed by atoms with Gasteiger partial charge in [-0.15, -0.1) is 0 Å².